The number of hydrogen-bond donors (Lipinski definition) is 1. The minimum atomic E-state index is -0.572. The highest BCUT2D eigenvalue weighted by atomic mass is 19.1. The number of rotatable bonds is 3. The Morgan fingerprint density at radius 2 is 1.81 bits per heavy atom. The molecule has 2 aromatic carbocycles. The van der Waals surface area contributed by atoms with Crippen molar-refractivity contribution in [2.75, 3.05) is 18.5 Å². The lowest BCUT2D eigenvalue weighted by molar-refractivity contribution is -0.112. The second kappa shape index (κ2) is 7.50. The molecule has 27 heavy (non-hydrogen) atoms. The Hall–Kier alpha value is -3.33. The summed E-state index contributed by atoms with van der Waals surface area (Å²) >= 11 is 0. The summed E-state index contributed by atoms with van der Waals surface area (Å²) in [6, 6.07) is 12.5. The smallest absolute Gasteiger partial charge is 0.266 e. The molecule has 6 heteroatoms. The van der Waals surface area contributed by atoms with Gasteiger partial charge in [-0.15, -0.1) is 0 Å². The third kappa shape index (κ3) is 4.64. The van der Waals surface area contributed by atoms with E-state index in [0.717, 1.165) is 0 Å². The first-order valence-electron chi connectivity index (χ1n) is 8.45. The van der Waals surface area contributed by atoms with E-state index in [0.29, 0.717) is 36.0 Å². The zero-order valence-electron chi connectivity index (χ0n) is 15.1. The fraction of sp³-hybridized carbons (Fsp3) is 0.238. The van der Waals surface area contributed by atoms with E-state index in [-0.39, 0.29) is 11.0 Å². The van der Waals surface area contributed by atoms with Crippen LogP contribution >= 0.6 is 0 Å². The summed E-state index contributed by atoms with van der Waals surface area (Å²) in [4.78, 5) is 12.3. The summed E-state index contributed by atoms with van der Waals surface area (Å²) in [7, 11) is 0. The second-order valence-corrected chi connectivity index (χ2v) is 7.08. The summed E-state index contributed by atoms with van der Waals surface area (Å²) in [5.41, 5.74) is 0.863. The van der Waals surface area contributed by atoms with Crippen molar-refractivity contribution in [3.63, 3.8) is 0 Å². The largest absolute Gasteiger partial charge is 0.489 e. The van der Waals surface area contributed by atoms with E-state index in [9.17, 15) is 14.4 Å². The van der Waals surface area contributed by atoms with Crippen LogP contribution in [0.15, 0.2) is 48.0 Å². The number of ether oxygens (including phenoxy) is 2. The van der Waals surface area contributed by atoms with Crippen LogP contribution in [0.2, 0.25) is 0 Å². The Balaban J connectivity index is 1.80. The number of carbonyl (C=O) groups is 1. The third-order valence-corrected chi connectivity index (χ3v) is 3.98. The quantitative estimate of drug-likeness (QED) is 0.654. The number of amides is 1. The Kier molecular flexibility index (Phi) is 5.13. The van der Waals surface area contributed by atoms with Gasteiger partial charge in [0.2, 0.25) is 0 Å². The van der Waals surface area contributed by atoms with Crippen molar-refractivity contribution in [2.45, 2.75) is 13.8 Å². The maximum Gasteiger partial charge on any atom is 0.266 e. The fourth-order valence-corrected chi connectivity index (χ4v) is 2.48. The van der Waals surface area contributed by atoms with Gasteiger partial charge in [0.25, 0.3) is 5.91 Å². The van der Waals surface area contributed by atoms with Crippen LogP contribution in [0.25, 0.3) is 6.08 Å². The van der Waals surface area contributed by atoms with Crippen LogP contribution < -0.4 is 14.8 Å². The molecule has 0 bridgehead atoms. The van der Waals surface area contributed by atoms with Gasteiger partial charge in [0.15, 0.2) is 11.5 Å². The van der Waals surface area contributed by atoms with Gasteiger partial charge in [0, 0.05) is 11.1 Å². The molecule has 1 amide bonds. The number of anilines is 1. The van der Waals surface area contributed by atoms with E-state index in [2.05, 4.69) is 5.32 Å². The van der Waals surface area contributed by atoms with Crippen LogP contribution in [-0.4, -0.2) is 19.1 Å². The van der Waals surface area contributed by atoms with Crippen molar-refractivity contribution < 1.29 is 18.7 Å². The van der Waals surface area contributed by atoms with Gasteiger partial charge >= 0.3 is 0 Å². The van der Waals surface area contributed by atoms with Crippen molar-refractivity contribution in [3.05, 3.63) is 59.4 Å². The number of benzene rings is 2. The van der Waals surface area contributed by atoms with Gasteiger partial charge in [-0.1, -0.05) is 19.9 Å². The average Bonchev–Trinajstić information content (AvgIpc) is 2.80. The molecule has 0 radical (unpaired) electrons. The maximum atomic E-state index is 13.0. The van der Waals surface area contributed by atoms with Crippen LogP contribution in [0.5, 0.6) is 11.5 Å². The number of nitrogens with one attached hydrogen (secondary N) is 1. The molecule has 3 rings (SSSR count). The first-order chi connectivity index (χ1) is 12.9. The molecule has 138 valence electrons. The monoisotopic (exact) mass is 366 g/mol. The summed E-state index contributed by atoms with van der Waals surface area (Å²) in [5.74, 6) is 0.231. The SMILES string of the molecule is CC1(C)COc2ccc(/C=C(\C#N)C(=O)Nc3ccc(F)cc3)cc2OC1. The Morgan fingerprint density at radius 3 is 2.48 bits per heavy atom. The van der Waals surface area contributed by atoms with E-state index < -0.39 is 11.7 Å². The van der Waals surface area contributed by atoms with E-state index in [4.69, 9.17) is 9.47 Å². The minimum Gasteiger partial charge on any atom is -0.489 e. The molecular weight excluding hydrogens is 347 g/mol. The number of nitriles is 1. The van der Waals surface area contributed by atoms with Crippen LogP contribution in [0.3, 0.4) is 0 Å². The lowest BCUT2D eigenvalue weighted by Gasteiger charge is -2.19. The lowest BCUT2D eigenvalue weighted by atomic mass is 9.97. The highest BCUT2D eigenvalue weighted by Crippen LogP contribution is 2.34. The molecule has 0 atom stereocenters. The van der Waals surface area contributed by atoms with Crippen molar-refractivity contribution >= 4 is 17.7 Å². The topological polar surface area (TPSA) is 71.3 Å². The normalized spacial score (nSPS) is 15.4. The van der Waals surface area contributed by atoms with Gasteiger partial charge in [0.05, 0.1) is 13.2 Å². The molecule has 1 N–H and O–H groups in total. The molecule has 2 aromatic rings. The van der Waals surface area contributed by atoms with Crippen molar-refractivity contribution in [1.82, 2.24) is 0 Å². The van der Waals surface area contributed by atoms with Gasteiger partial charge in [-0.3, -0.25) is 4.79 Å². The highest BCUT2D eigenvalue weighted by molar-refractivity contribution is 6.09. The molecule has 0 unspecified atom stereocenters. The minimum absolute atomic E-state index is 0.0749. The van der Waals surface area contributed by atoms with Gasteiger partial charge in [-0.25, -0.2) is 4.39 Å². The molecule has 0 saturated heterocycles. The van der Waals surface area contributed by atoms with Gasteiger partial charge in [-0.2, -0.15) is 5.26 Å². The molecule has 0 aliphatic carbocycles. The number of hydrogen-bond acceptors (Lipinski definition) is 4. The van der Waals surface area contributed by atoms with Crippen molar-refractivity contribution in [3.8, 4) is 17.6 Å². The molecule has 0 spiro atoms. The molecule has 0 fully saturated rings. The molecule has 1 heterocycles. The fourth-order valence-electron chi connectivity index (χ4n) is 2.48. The van der Waals surface area contributed by atoms with Crippen LogP contribution in [0.4, 0.5) is 10.1 Å². The summed E-state index contributed by atoms with van der Waals surface area (Å²) < 4.78 is 24.5. The predicted molar refractivity (Wildman–Crippen MR) is 99.8 cm³/mol. The van der Waals surface area contributed by atoms with Gasteiger partial charge < -0.3 is 14.8 Å². The Labute approximate surface area is 157 Å². The third-order valence-electron chi connectivity index (χ3n) is 3.98. The number of fused-ring (bicyclic) bond motifs is 1. The molecule has 5 nitrogen and oxygen atoms in total. The number of halogens is 1. The first-order valence-corrected chi connectivity index (χ1v) is 8.45. The predicted octanol–water partition coefficient (Wildman–Crippen LogP) is 4.17. The van der Waals surface area contributed by atoms with E-state index >= 15 is 0 Å². The van der Waals surface area contributed by atoms with Crippen molar-refractivity contribution in [2.24, 2.45) is 5.41 Å². The molecule has 0 saturated carbocycles. The molecule has 0 aromatic heterocycles. The molecule has 1 aliphatic heterocycles. The molecule has 1 aliphatic rings. The zero-order chi connectivity index (χ0) is 19.4. The summed E-state index contributed by atoms with van der Waals surface area (Å²) in [6.07, 6.45) is 1.47. The number of nitrogens with zero attached hydrogens (tertiary/aromatic N) is 1. The summed E-state index contributed by atoms with van der Waals surface area (Å²) in [5, 5.41) is 11.9. The standard InChI is InChI=1S/C21H19FN2O3/c1-21(2)12-26-18-8-3-14(10-19(18)27-13-21)9-15(11-23)20(25)24-17-6-4-16(22)5-7-17/h3-10H,12-13H2,1-2H3,(H,24,25)/b15-9+. The molecular formula is C21H19FN2O3. The first kappa shape index (κ1) is 18.5. The van der Waals surface area contributed by atoms with Gasteiger partial charge in [-0.05, 0) is 48.0 Å². The van der Waals surface area contributed by atoms with Crippen LogP contribution in [0.1, 0.15) is 19.4 Å². The second-order valence-electron chi connectivity index (χ2n) is 7.08. The zero-order valence-corrected chi connectivity index (χ0v) is 15.1. The van der Waals surface area contributed by atoms with Gasteiger partial charge in [0.1, 0.15) is 17.5 Å². The Morgan fingerprint density at radius 1 is 1.15 bits per heavy atom. The van der Waals surface area contributed by atoms with Crippen LogP contribution in [-0.2, 0) is 4.79 Å². The highest BCUT2D eigenvalue weighted by Gasteiger charge is 2.25. The summed E-state index contributed by atoms with van der Waals surface area (Å²) in [6.45, 7) is 5.14. The van der Waals surface area contributed by atoms with Crippen molar-refractivity contribution in [1.29, 1.82) is 5.26 Å². The number of carbonyl (C=O) groups excluding carboxylic acids is 1. The van der Waals surface area contributed by atoms with E-state index in [1.54, 1.807) is 18.2 Å². The lowest BCUT2D eigenvalue weighted by Crippen LogP contribution is -2.26. The maximum absolute atomic E-state index is 13.0. The van der Waals surface area contributed by atoms with E-state index in [1.165, 1.54) is 30.3 Å². The van der Waals surface area contributed by atoms with Crippen LogP contribution in [0, 0.1) is 22.6 Å². The average molecular weight is 366 g/mol. The Bertz CT molecular complexity index is 927. The van der Waals surface area contributed by atoms with E-state index in [1.807, 2.05) is 19.9 Å².